The fourth-order valence-electron chi connectivity index (χ4n) is 1.78. The van der Waals surface area contributed by atoms with E-state index in [1.165, 1.54) is 0 Å². The molecule has 0 aliphatic heterocycles. The van der Waals surface area contributed by atoms with Gasteiger partial charge in [0.05, 0.1) is 19.9 Å². The van der Waals surface area contributed by atoms with Gasteiger partial charge in [-0.25, -0.2) is 0 Å². The maximum atomic E-state index is 10.4. The van der Waals surface area contributed by atoms with Crippen LogP contribution in [0.5, 0.6) is 17.2 Å². The lowest BCUT2D eigenvalue weighted by atomic mass is 10.1. The van der Waals surface area contributed by atoms with Crippen LogP contribution in [0.4, 0.5) is 5.69 Å². The molecule has 0 heterocycles. The highest BCUT2D eigenvalue weighted by atomic mass is 16.5. The Kier molecular flexibility index (Phi) is 3.23. The molecule has 5 nitrogen and oxygen atoms in total. The first-order valence-corrected chi connectivity index (χ1v) is 5.25. The zero-order valence-corrected chi connectivity index (χ0v) is 10.1. The smallest absolute Gasteiger partial charge is 0.298 e. The molecule has 2 aromatic rings. The van der Waals surface area contributed by atoms with E-state index in [2.05, 4.69) is 0 Å². The molecular weight excluding hydrogens is 234 g/mol. The first kappa shape index (κ1) is 12.0. The third kappa shape index (κ3) is 2.02. The van der Waals surface area contributed by atoms with Crippen LogP contribution in [-0.2, 0) is 4.79 Å². The molecule has 94 valence electrons. The van der Waals surface area contributed by atoms with Crippen molar-refractivity contribution in [1.29, 1.82) is 0 Å². The molecule has 0 saturated carbocycles. The van der Waals surface area contributed by atoms with Crippen LogP contribution in [0, 0.1) is 0 Å². The summed E-state index contributed by atoms with van der Waals surface area (Å²) in [4.78, 5) is 10.4. The van der Waals surface area contributed by atoms with Gasteiger partial charge in [-0.3, -0.25) is 4.79 Å². The van der Waals surface area contributed by atoms with E-state index in [1.54, 1.807) is 32.4 Å². The second kappa shape index (κ2) is 4.83. The lowest BCUT2D eigenvalue weighted by Crippen LogP contribution is -1.96. The van der Waals surface area contributed by atoms with Gasteiger partial charge in [-0.1, -0.05) is 0 Å². The number of methoxy groups -OCH3 is 2. The third-order valence-corrected chi connectivity index (χ3v) is 2.65. The lowest BCUT2D eigenvalue weighted by molar-refractivity contribution is -0.120. The van der Waals surface area contributed by atoms with Crippen LogP contribution in [-0.4, -0.2) is 20.7 Å². The molecule has 0 atom stereocenters. The summed E-state index contributed by atoms with van der Waals surface area (Å²) in [5, 5.41) is 1.72. The Labute approximate surface area is 104 Å². The van der Waals surface area contributed by atoms with Gasteiger partial charge in [0.15, 0.2) is 17.2 Å². The van der Waals surface area contributed by atoms with Gasteiger partial charge in [0, 0.05) is 0 Å². The largest absolute Gasteiger partial charge is 0.493 e. The minimum atomic E-state index is 0.324. The first-order valence-electron chi connectivity index (χ1n) is 5.25. The number of carbonyl (C=O) groups is 1. The van der Waals surface area contributed by atoms with Crippen molar-refractivity contribution in [2.24, 2.45) is 0 Å². The summed E-state index contributed by atoms with van der Waals surface area (Å²) in [6.07, 6.45) is 0. The van der Waals surface area contributed by atoms with E-state index in [0.717, 1.165) is 10.8 Å². The molecule has 0 aliphatic carbocycles. The van der Waals surface area contributed by atoms with Crippen LogP contribution in [0.15, 0.2) is 24.3 Å². The molecule has 2 rings (SSSR count). The number of nitrogen functional groups attached to an aromatic ring is 1. The molecule has 2 aromatic carbocycles. The van der Waals surface area contributed by atoms with Crippen LogP contribution in [0.1, 0.15) is 0 Å². The van der Waals surface area contributed by atoms with E-state index in [4.69, 9.17) is 19.9 Å². The van der Waals surface area contributed by atoms with Crippen molar-refractivity contribution in [2.75, 3.05) is 20.0 Å². The molecule has 0 fully saturated rings. The van der Waals surface area contributed by atoms with Crippen molar-refractivity contribution in [2.45, 2.75) is 0 Å². The number of carbonyl (C=O) groups excluding carboxylic acids is 1. The number of rotatable bonds is 4. The van der Waals surface area contributed by atoms with Crippen LogP contribution in [0.3, 0.4) is 0 Å². The van der Waals surface area contributed by atoms with E-state index in [-0.39, 0.29) is 0 Å². The fourth-order valence-corrected chi connectivity index (χ4v) is 1.78. The summed E-state index contributed by atoms with van der Waals surface area (Å²) in [7, 11) is 3.13. The summed E-state index contributed by atoms with van der Waals surface area (Å²) in [6, 6.07) is 7.01. The van der Waals surface area contributed by atoms with Crippen molar-refractivity contribution in [3.05, 3.63) is 24.3 Å². The Morgan fingerprint density at radius 3 is 1.94 bits per heavy atom. The Morgan fingerprint density at radius 1 is 0.944 bits per heavy atom. The SMILES string of the molecule is COc1cc2cc(N)c(OC=O)cc2cc1OC. The zero-order chi connectivity index (χ0) is 13.1. The molecule has 18 heavy (non-hydrogen) atoms. The molecule has 5 heteroatoms. The van der Waals surface area contributed by atoms with Crippen LogP contribution >= 0.6 is 0 Å². The van der Waals surface area contributed by atoms with E-state index in [1.807, 2.05) is 6.07 Å². The summed E-state index contributed by atoms with van der Waals surface area (Å²) < 4.78 is 15.2. The monoisotopic (exact) mass is 247 g/mol. The van der Waals surface area contributed by atoms with Crippen LogP contribution in [0.2, 0.25) is 0 Å². The maximum absolute atomic E-state index is 10.4. The standard InChI is InChI=1S/C13H13NO4/c1-16-12-5-8-3-10(14)11(18-7-15)4-9(8)6-13(12)17-2/h3-7H,14H2,1-2H3. The normalized spacial score (nSPS) is 10.1. The third-order valence-electron chi connectivity index (χ3n) is 2.65. The molecule has 0 radical (unpaired) electrons. The minimum Gasteiger partial charge on any atom is -0.493 e. The highest BCUT2D eigenvalue weighted by Gasteiger charge is 2.09. The molecular formula is C13H13NO4. The average molecular weight is 247 g/mol. The van der Waals surface area contributed by atoms with Gasteiger partial charge >= 0.3 is 0 Å². The van der Waals surface area contributed by atoms with Gasteiger partial charge in [-0.15, -0.1) is 0 Å². The molecule has 0 aromatic heterocycles. The number of anilines is 1. The summed E-state index contributed by atoms with van der Waals surface area (Å²) in [5.74, 6) is 1.55. The van der Waals surface area contributed by atoms with E-state index in [9.17, 15) is 4.79 Å². The molecule has 0 amide bonds. The van der Waals surface area contributed by atoms with E-state index < -0.39 is 0 Å². The number of ether oxygens (including phenoxy) is 3. The average Bonchev–Trinajstić information content (AvgIpc) is 2.38. The number of hydrogen-bond donors (Lipinski definition) is 1. The Hall–Kier alpha value is -2.43. The fraction of sp³-hybridized carbons (Fsp3) is 0.154. The molecule has 0 spiro atoms. The van der Waals surface area contributed by atoms with E-state index >= 15 is 0 Å². The number of nitrogens with two attached hydrogens (primary N) is 1. The Bertz CT molecular complexity index is 595. The van der Waals surface area contributed by atoms with Gasteiger partial charge in [0.1, 0.15) is 0 Å². The summed E-state index contributed by atoms with van der Waals surface area (Å²) in [5.41, 5.74) is 6.17. The topological polar surface area (TPSA) is 70.8 Å². The summed E-state index contributed by atoms with van der Waals surface area (Å²) >= 11 is 0. The van der Waals surface area contributed by atoms with Crippen LogP contribution < -0.4 is 19.9 Å². The van der Waals surface area contributed by atoms with E-state index in [0.29, 0.717) is 29.4 Å². The lowest BCUT2D eigenvalue weighted by Gasteiger charge is -2.11. The predicted molar refractivity (Wildman–Crippen MR) is 68.2 cm³/mol. The Balaban J connectivity index is 2.65. The second-order valence-corrected chi connectivity index (χ2v) is 3.66. The molecule has 0 unspecified atom stereocenters. The number of fused-ring (bicyclic) bond motifs is 1. The highest BCUT2D eigenvalue weighted by Crippen LogP contribution is 2.36. The molecule has 0 bridgehead atoms. The van der Waals surface area contributed by atoms with Crippen molar-refractivity contribution in [3.8, 4) is 17.2 Å². The van der Waals surface area contributed by atoms with Crippen LogP contribution in [0.25, 0.3) is 10.8 Å². The van der Waals surface area contributed by atoms with Crippen molar-refractivity contribution in [3.63, 3.8) is 0 Å². The predicted octanol–water partition coefficient (Wildman–Crippen LogP) is 1.97. The highest BCUT2D eigenvalue weighted by molar-refractivity contribution is 5.91. The molecule has 2 N–H and O–H groups in total. The van der Waals surface area contributed by atoms with Crippen molar-refractivity contribution >= 4 is 22.9 Å². The van der Waals surface area contributed by atoms with Crippen molar-refractivity contribution < 1.29 is 19.0 Å². The zero-order valence-electron chi connectivity index (χ0n) is 10.1. The Morgan fingerprint density at radius 2 is 1.44 bits per heavy atom. The van der Waals surface area contributed by atoms with Gasteiger partial charge in [0.2, 0.25) is 0 Å². The van der Waals surface area contributed by atoms with Gasteiger partial charge < -0.3 is 19.9 Å². The van der Waals surface area contributed by atoms with Gasteiger partial charge in [0.25, 0.3) is 6.47 Å². The first-order chi connectivity index (χ1) is 8.69. The quantitative estimate of drug-likeness (QED) is 0.660. The molecule has 0 saturated heterocycles. The summed E-state index contributed by atoms with van der Waals surface area (Å²) in [6.45, 7) is 0.346. The van der Waals surface area contributed by atoms with Gasteiger partial charge in [-0.05, 0) is 35.0 Å². The second-order valence-electron chi connectivity index (χ2n) is 3.66. The molecule has 0 aliphatic rings. The number of benzene rings is 2. The minimum absolute atomic E-state index is 0.324. The van der Waals surface area contributed by atoms with Gasteiger partial charge in [-0.2, -0.15) is 0 Å². The number of hydrogen-bond acceptors (Lipinski definition) is 5. The maximum Gasteiger partial charge on any atom is 0.298 e. The van der Waals surface area contributed by atoms with Crippen molar-refractivity contribution in [1.82, 2.24) is 0 Å².